The summed E-state index contributed by atoms with van der Waals surface area (Å²) < 4.78 is 1.02. The molecule has 0 fully saturated rings. The molecule has 0 radical (unpaired) electrons. The highest BCUT2D eigenvalue weighted by Crippen LogP contribution is 2.29. The summed E-state index contributed by atoms with van der Waals surface area (Å²) in [7, 11) is 0. The third kappa shape index (κ3) is 4.05. The summed E-state index contributed by atoms with van der Waals surface area (Å²) in [4.78, 5) is 0. The number of aryl methyl sites for hydroxylation is 1. The summed E-state index contributed by atoms with van der Waals surface area (Å²) in [5, 5.41) is 0.721. The maximum absolute atomic E-state index is 6.05. The van der Waals surface area contributed by atoms with Gasteiger partial charge in [-0.1, -0.05) is 57.9 Å². The van der Waals surface area contributed by atoms with E-state index in [9.17, 15) is 0 Å². The van der Waals surface area contributed by atoms with E-state index in [0.29, 0.717) is 0 Å². The van der Waals surface area contributed by atoms with Gasteiger partial charge in [-0.05, 0) is 42.2 Å². The summed E-state index contributed by atoms with van der Waals surface area (Å²) in [6.45, 7) is 0. The number of benzene rings is 2. The van der Waals surface area contributed by atoms with Crippen LogP contribution < -0.4 is 11.3 Å². The van der Waals surface area contributed by atoms with E-state index < -0.39 is 0 Å². The van der Waals surface area contributed by atoms with Crippen LogP contribution in [-0.2, 0) is 6.42 Å². The lowest BCUT2D eigenvalue weighted by Crippen LogP contribution is -2.28. The molecule has 0 aliphatic heterocycles. The minimum atomic E-state index is 0.0771. The number of halogens is 2. The van der Waals surface area contributed by atoms with Crippen molar-refractivity contribution in [2.75, 3.05) is 0 Å². The Morgan fingerprint density at radius 3 is 2.58 bits per heavy atom. The number of rotatable bonds is 5. The Kier molecular flexibility index (Phi) is 5.40. The van der Waals surface area contributed by atoms with Crippen LogP contribution >= 0.6 is 27.5 Å². The summed E-state index contributed by atoms with van der Waals surface area (Å²) in [5.74, 6) is 5.67. The van der Waals surface area contributed by atoms with E-state index in [1.54, 1.807) is 0 Å². The van der Waals surface area contributed by atoms with Gasteiger partial charge in [0.25, 0.3) is 0 Å². The molecule has 0 saturated heterocycles. The van der Waals surface area contributed by atoms with Gasteiger partial charge in [-0.2, -0.15) is 0 Å². The van der Waals surface area contributed by atoms with Crippen molar-refractivity contribution in [1.29, 1.82) is 0 Å². The van der Waals surface area contributed by atoms with Crippen LogP contribution in [0.2, 0.25) is 5.02 Å². The largest absolute Gasteiger partial charge is 0.271 e. The van der Waals surface area contributed by atoms with Crippen LogP contribution in [0.3, 0.4) is 0 Å². The molecular weight excluding hydrogens is 324 g/mol. The standard InChI is InChI=1S/C15H16BrClN2/c16-14-8-7-12(17)10-13(14)15(19-18)9-6-11-4-2-1-3-5-11/h1-5,7-8,10,15,19H,6,9,18H2. The molecule has 0 bridgehead atoms. The maximum Gasteiger partial charge on any atom is 0.0474 e. The van der Waals surface area contributed by atoms with Crippen LogP contribution in [0.4, 0.5) is 0 Å². The van der Waals surface area contributed by atoms with Gasteiger partial charge in [-0.3, -0.25) is 11.3 Å². The lowest BCUT2D eigenvalue weighted by molar-refractivity contribution is 0.515. The zero-order chi connectivity index (χ0) is 13.7. The molecule has 0 spiro atoms. The van der Waals surface area contributed by atoms with Gasteiger partial charge in [0.05, 0.1) is 0 Å². The van der Waals surface area contributed by atoms with Crippen molar-refractivity contribution in [2.24, 2.45) is 5.84 Å². The van der Waals surface area contributed by atoms with Crippen molar-refractivity contribution in [1.82, 2.24) is 5.43 Å². The molecule has 0 aliphatic carbocycles. The normalized spacial score (nSPS) is 12.4. The third-order valence-corrected chi connectivity index (χ3v) is 4.06. The maximum atomic E-state index is 6.05. The van der Waals surface area contributed by atoms with Crippen LogP contribution in [0, 0.1) is 0 Å². The molecule has 0 saturated carbocycles. The molecule has 3 N–H and O–H groups in total. The highest BCUT2D eigenvalue weighted by atomic mass is 79.9. The SMILES string of the molecule is NNC(CCc1ccccc1)c1cc(Cl)ccc1Br. The van der Waals surface area contributed by atoms with Gasteiger partial charge in [0.1, 0.15) is 0 Å². The van der Waals surface area contributed by atoms with Gasteiger partial charge in [-0.15, -0.1) is 0 Å². The van der Waals surface area contributed by atoms with Crippen molar-refractivity contribution in [3.05, 3.63) is 69.2 Å². The zero-order valence-corrected chi connectivity index (χ0v) is 12.8. The summed E-state index contributed by atoms with van der Waals surface area (Å²) in [5.41, 5.74) is 5.26. The Morgan fingerprint density at radius 2 is 1.89 bits per heavy atom. The first-order valence-corrected chi connectivity index (χ1v) is 7.33. The van der Waals surface area contributed by atoms with Crippen molar-refractivity contribution in [3.8, 4) is 0 Å². The summed E-state index contributed by atoms with van der Waals surface area (Å²) in [6, 6.07) is 16.2. The minimum absolute atomic E-state index is 0.0771. The molecule has 0 aliphatic rings. The third-order valence-electron chi connectivity index (χ3n) is 3.10. The van der Waals surface area contributed by atoms with Gasteiger partial charge in [0.2, 0.25) is 0 Å². The molecule has 2 aromatic carbocycles. The predicted octanol–water partition coefficient (Wildman–Crippen LogP) is 4.24. The molecule has 19 heavy (non-hydrogen) atoms. The molecule has 0 amide bonds. The summed E-state index contributed by atoms with van der Waals surface area (Å²) in [6.07, 6.45) is 1.88. The molecule has 2 nitrogen and oxygen atoms in total. The van der Waals surface area contributed by atoms with Gasteiger partial charge in [0.15, 0.2) is 0 Å². The fraction of sp³-hybridized carbons (Fsp3) is 0.200. The fourth-order valence-corrected chi connectivity index (χ4v) is 2.77. The average Bonchev–Trinajstić information content (AvgIpc) is 2.44. The van der Waals surface area contributed by atoms with Crippen LogP contribution in [0.25, 0.3) is 0 Å². The van der Waals surface area contributed by atoms with Crippen molar-refractivity contribution < 1.29 is 0 Å². The number of nitrogens with one attached hydrogen (secondary N) is 1. The van der Waals surface area contributed by atoms with Crippen molar-refractivity contribution >= 4 is 27.5 Å². The van der Waals surface area contributed by atoms with Crippen molar-refractivity contribution in [2.45, 2.75) is 18.9 Å². The Morgan fingerprint density at radius 1 is 1.16 bits per heavy atom. The monoisotopic (exact) mass is 338 g/mol. The van der Waals surface area contributed by atoms with E-state index in [2.05, 4.69) is 45.6 Å². The molecule has 4 heteroatoms. The van der Waals surface area contributed by atoms with Gasteiger partial charge < -0.3 is 0 Å². The Balaban J connectivity index is 2.10. The predicted molar refractivity (Wildman–Crippen MR) is 84.0 cm³/mol. The molecule has 1 unspecified atom stereocenters. The number of hydrazine groups is 1. The van der Waals surface area contributed by atoms with E-state index in [0.717, 1.165) is 27.9 Å². The second-order valence-corrected chi connectivity index (χ2v) is 5.70. The lowest BCUT2D eigenvalue weighted by atomic mass is 9.99. The fourth-order valence-electron chi connectivity index (χ4n) is 2.07. The first kappa shape index (κ1) is 14.5. The second-order valence-electron chi connectivity index (χ2n) is 4.41. The minimum Gasteiger partial charge on any atom is -0.271 e. The van der Waals surface area contributed by atoms with E-state index in [1.807, 2.05) is 24.3 Å². The van der Waals surface area contributed by atoms with E-state index >= 15 is 0 Å². The number of hydrogen-bond donors (Lipinski definition) is 2. The molecule has 0 aromatic heterocycles. The molecule has 1 atom stereocenters. The molecular formula is C15H16BrClN2. The quantitative estimate of drug-likeness (QED) is 0.631. The van der Waals surface area contributed by atoms with E-state index in [4.69, 9.17) is 17.4 Å². The molecule has 100 valence electrons. The van der Waals surface area contributed by atoms with Crippen LogP contribution in [-0.4, -0.2) is 0 Å². The van der Waals surface area contributed by atoms with Gasteiger partial charge in [-0.25, -0.2) is 0 Å². The van der Waals surface area contributed by atoms with E-state index in [-0.39, 0.29) is 6.04 Å². The Bertz CT molecular complexity index is 531. The topological polar surface area (TPSA) is 38.0 Å². The average molecular weight is 340 g/mol. The van der Waals surface area contributed by atoms with Gasteiger partial charge in [0, 0.05) is 15.5 Å². The molecule has 0 heterocycles. The first-order valence-electron chi connectivity index (χ1n) is 6.15. The van der Waals surface area contributed by atoms with Crippen LogP contribution in [0.15, 0.2) is 53.0 Å². The zero-order valence-electron chi connectivity index (χ0n) is 10.4. The smallest absolute Gasteiger partial charge is 0.0474 e. The first-order chi connectivity index (χ1) is 9.20. The van der Waals surface area contributed by atoms with Crippen LogP contribution in [0.1, 0.15) is 23.6 Å². The summed E-state index contributed by atoms with van der Waals surface area (Å²) >= 11 is 9.59. The highest BCUT2D eigenvalue weighted by molar-refractivity contribution is 9.10. The van der Waals surface area contributed by atoms with Crippen LogP contribution in [0.5, 0.6) is 0 Å². The lowest BCUT2D eigenvalue weighted by Gasteiger charge is -2.18. The van der Waals surface area contributed by atoms with E-state index in [1.165, 1.54) is 5.56 Å². The molecule has 2 aromatic rings. The highest BCUT2D eigenvalue weighted by Gasteiger charge is 2.13. The number of nitrogens with two attached hydrogens (primary N) is 1. The molecule has 2 rings (SSSR count). The van der Waals surface area contributed by atoms with Gasteiger partial charge >= 0.3 is 0 Å². The Labute approximate surface area is 127 Å². The Hall–Kier alpha value is -0.870. The van der Waals surface area contributed by atoms with Crippen molar-refractivity contribution in [3.63, 3.8) is 0 Å². The number of hydrogen-bond acceptors (Lipinski definition) is 2. The second kappa shape index (κ2) is 7.06.